The highest BCUT2D eigenvalue weighted by molar-refractivity contribution is 5.72. The maximum atomic E-state index is 14.4. The van der Waals surface area contributed by atoms with Crippen LogP contribution in [0.1, 0.15) is 24.0 Å². The maximum absolute atomic E-state index is 14.4. The van der Waals surface area contributed by atoms with E-state index in [9.17, 15) is 8.78 Å². The minimum absolute atomic E-state index is 0.341. The van der Waals surface area contributed by atoms with E-state index in [4.69, 9.17) is 5.10 Å². The Hall–Kier alpha value is -2.69. The van der Waals surface area contributed by atoms with Crippen LogP contribution in [0.2, 0.25) is 0 Å². The molecule has 0 aliphatic carbocycles. The number of halogens is 2. The van der Waals surface area contributed by atoms with E-state index in [1.165, 1.54) is 12.1 Å². The second kappa shape index (κ2) is 6.31. The van der Waals surface area contributed by atoms with Crippen LogP contribution in [-0.2, 0) is 6.42 Å². The Kier molecular flexibility index (Phi) is 3.99. The number of rotatable bonds is 2. The molecule has 1 N–H and O–H groups in total. The fourth-order valence-corrected chi connectivity index (χ4v) is 3.38. The molecule has 0 bridgehead atoms. The number of benzene rings is 2. The Morgan fingerprint density at radius 3 is 2.72 bits per heavy atom. The first-order valence-corrected chi connectivity index (χ1v) is 8.52. The molecule has 128 valence electrons. The van der Waals surface area contributed by atoms with Crippen LogP contribution in [0.3, 0.4) is 0 Å². The van der Waals surface area contributed by atoms with Gasteiger partial charge in [-0.05, 0) is 49.9 Å². The van der Waals surface area contributed by atoms with Crippen molar-refractivity contribution in [3.8, 4) is 16.9 Å². The van der Waals surface area contributed by atoms with E-state index in [2.05, 4.69) is 5.32 Å². The largest absolute Gasteiger partial charge is 0.370 e. The summed E-state index contributed by atoms with van der Waals surface area (Å²) in [5, 5.41) is 8.16. The molecule has 0 atom stereocenters. The summed E-state index contributed by atoms with van der Waals surface area (Å²) in [6, 6.07) is 11.6. The molecule has 3 nitrogen and oxygen atoms in total. The third kappa shape index (κ3) is 2.80. The molecule has 2 aromatic carbocycles. The summed E-state index contributed by atoms with van der Waals surface area (Å²) in [6.07, 6.45) is 2.88. The Morgan fingerprint density at radius 2 is 1.92 bits per heavy atom. The molecule has 2 heterocycles. The van der Waals surface area contributed by atoms with E-state index in [1.54, 1.807) is 0 Å². The van der Waals surface area contributed by atoms with Gasteiger partial charge in [-0.3, -0.25) is 0 Å². The van der Waals surface area contributed by atoms with Crippen molar-refractivity contribution in [3.63, 3.8) is 0 Å². The standard InChI is InChI=1S/C20H19F2N3/c1-13-6-2-3-8-18(13)25-20-16(7-4-5-11-23-20)19(24-25)15-10-9-14(21)12-17(15)22/h2-3,6,8-10,12,23H,4-5,7,11H2,1H3. The van der Waals surface area contributed by atoms with Crippen molar-refractivity contribution >= 4 is 5.82 Å². The molecule has 3 aromatic rings. The van der Waals surface area contributed by atoms with Crippen molar-refractivity contribution in [2.24, 2.45) is 0 Å². The average Bonchev–Trinajstić information content (AvgIpc) is 2.78. The van der Waals surface area contributed by atoms with Gasteiger partial charge < -0.3 is 5.32 Å². The SMILES string of the molecule is Cc1ccccc1-n1nc(-c2ccc(F)cc2F)c2c1NCCCC2. The van der Waals surface area contributed by atoms with Gasteiger partial charge in [0.25, 0.3) is 0 Å². The minimum atomic E-state index is -0.582. The van der Waals surface area contributed by atoms with Gasteiger partial charge in [0.1, 0.15) is 23.1 Å². The van der Waals surface area contributed by atoms with E-state index in [1.807, 2.05) is 35.9 Å². The quantitative estimate of drug-likeness (QED) is 0.721. The lowest BCUT2D eigenvalue weighted by atomic mass is 10.0. The van der Waals surface area contributed by atoms with Crippen molar-refractivity contribution in [3.05, 3.63) is 65.2 Å². The van der Waals surface area contributed by atoms with Crippen LogP contribution in [0.5, 0.6) is 0 Å². The third-order valence-electron chi connectivity index (χ3n) is 4.66. The molecule has 0 amide bonds. The first-order valence-electron chi connectivity index (χ1n) is 8.52. The second-order valence-corrected chi connectivity index (χ2v) is 6.38. The topological polar surface area (TPSA) is 29.9 Å². The highest BCUT2D eigenvalue weighted by Crippen LogP contribution is 2.35. The first-order chi connectivity index (χ1) is 12.1. The molecule has 0 saturated carbocycles. The van der Waals surface area contributed by atoms with Crippen LogP contribution in [0.4, 0.5) is 14.6 Å². The number of fused-ring (bicyclic) bond motifs is 1. The number of nitrogens with one attached hydrogen (secondary N) is 1. The molecule has 0 saturated heterocycles. The number of anilines is 1. The molecule has 1 aromatic heterocycles. The molecule has 25 heavy (non-hydrogen) atoms. The molecule has 0 unspecified atom stereocenters. The van der Waals surface area contributed by atoms with Gasteiger partial charge in [0.05, 0.1) is 5.69 Å². The Morgan fingerprint density at radius 1 is 1.08 bits per heavy atom. The van der Waals surface area contributed by atoms with Gasteiger partial charge >= 0.3 is 0 Å². The van der Waals surface area contributed by atoms with Crippen molar-refractivity contribution in [1.29, 1.82) is 0 Å². The van der Waals surface area contributed by atoms with Gasteiger partial charge in [-0.1, -0.05) is 18.2 Å². The van der Waals surface area contributed by atoms with Crippen LogP contribution in [0.25, 0.3) is 16.9 Å². The summed E-state index contributed by atoms with van der Waals surface area (Å²) in [4.78, 5) is 0. The summed E-state index contributed by atoms with van der Waals surface area (Å²) >= 11 is 0. The fourth-order valence-electron chi connectivity index (χ4n) is 3.38. The molecule has 5 heteroatoms. The molecule has 1 aliphatic heterocycles. The normalized spacial score (nSPS) is 13.9. The number of para-hydroxylation sites is 1. The molecule has 0 fully saturated rings. The molecule has 0 spiro atoms. The summed E-state index contributed by atoms with van der Waals surface area (Å²) < 4.78 is 29.6. The minimum Gasteiger partial charge on any atom is -0.370 e. The summed E-state index contributed by atoms with van der Waals surface area (Å²) in [7, 11) is 0. The number of nitrogens with zero attached hydrogens (tertiary/aromatic N) is 2. The van der Waals surface area contributed by atoms with Crippen LogP contribution < -0.4 is 5.32 Å². The lowest BCUT2D eigenvalue weighted by Gasteiger charge is -2.11. The maximum Gasteiger partial charge on any atom is 0.135 e. The summed E-state index contributed by atoms with van der Waals surface area (Å²) in [5.74, 6) is -0.254. The van der Waals surface area contributed by atoms with Crippen molar-refractivity contribution < 1.29 is 8.78 Å². The van der Waals surface area contributed by atoms with Gasteiger partial charge in [0.15, 0.2) is 0 Å². The third-order valence-corrected chi connectivity index (χ3v) is 4.66. The van der Waals surface area contributed by atoms with Crippen molar-refractivity contribution in [2.45, 2.75) is 26.2 Å². The first kappa shape index (κ1) is 15.8. The van der Waals surface area contributed by atoms with Gasteiger partial charge in [-0.15, -0.1) is 0 Å². The number of hydrogen-bond acceptors (Lipinski definition) is 2. The highest BCUT2D eigenvalue weighted by Gasteiger charge is 2.24. The van der Waals surface area contributed by atoms with E-state index >= 15 is 0 Å². The Balaban J connectivity index is 1.95. The lowest BCUT2D eigenvalue weighted by Crippen LogP contribution is -2.08. The van der Waals surface area contributed by atoms with Crippen LogP contribution in [0, 0.1) is 18.6 Å². The predicted octanol–water partition coefficient (Wildman–Crippen LogP) is 4.87. The number of aryl methyl sites for hydroxylation is 1. The predicted molar refractivity (Wildman–Crippen MR) is 95.1 cm³/mol. The Bertz CT molecular complexity index is 931. The van der Waals surface area contributed by atoms with Crippen molar-refractivity contribution in [2.75, 3.05) is 11.9 Å². The molecule has 4 rings (SSSR count). The summed E-state index contributed by atoms with van der Waals surface area (Å²) in [6.45, 7) is 2.88. The van der Waals surface area contributed by atoms with Crippen molar-refractivity contribution in [1.82, 2.24) is 9.78 Å². The average molecular weight is 339 g/mol. The van der Waals surface area contributed by atoms with E-state index < -0.39 is 11.6 Å². The molecule has 1 aliphatic rings. The monoisotopic (exact) mass is 339 g/mol. The van der Waals surface area contributed by atoms with E-state index in [0.29, 0.717) is 11.3 Å². The number of aromatic nitrogens is 2. The summed E-state index contributed by atoms with van der Waals surface area (Å²) in [5.41, 5.74) is 3.97. The van der Waals surface area contributed by atoms with Crippen LogP contribution in [-0.4, -0.2) is 16.3 Å². The molecular formula is C20H19F2N3. The number of hydrogen-bond donors (Lipinski definition) is 1. The van der Waals surface area contributed by atoms with Gasteiger partial charge in [0, 0.05) is 23.7 Å². The van der Waals surface area contributed by atoms with E-state index in [0.717, 1.165) is 54.5 Å². The zero-order valence-electron chi connectivity index (χ0n) is 14.0. The van der Waals surface area contributed by atoms with Gasteiger partial charge in [-0.2, -0.15) is 5.10 Å². The van der Waals surface area contributed by atoms with Crippen LogP contribution >= 0.6 is 0 Å². The molecule has 0 radical (unpaired) electrons. The lowest BCUT2D eigenvalue weighted by molar-refractivity contribution is 0.585. The fraction of sp³-hybridized carbons (Fsp3) is 0.250. The van der Waals surface area contributed by atoms with E-state index in [-0.39, 0.29) is 0 Å². The van der Waals surface area contributed by atoms with Gasteiger partial charge in [-0.25, -0.2) is 13.5 Å². The molecular weight excluding hydrogens is 320 g/mol. The second-order valence-electron chi connectivity index (χ2n) is 6.38. The van der Waals surface area contributed by atoms with Gasteiger partial charge in [0.2, 0.25) is 0 Å². The Labute approximate surface area is 145 Å². The van der Waals surface area contributed by atoms with Crippen LogP contribution in [0.15, 0.2) is 42.5 Å². The highest BCUT2D eigenvalue weighted by atomic mass is 19.1. The smallest absolute Gasteiger partial charge is 0.135 e. The zero-order valence-corrected chi connectivity index (χ0v) is 14.0. The zero-order chi connectivity index (χ0) is 17.4.